The Balaban J connectivity index is 2.62. The lowest BCUT2D eigenvalue weighted by atomic mass is 10.2. The van der Waals surface area contributed by atoms with E-state index in [0.717, 1.165) is 12.1 Å². The van der Waals surface area contributed by atoms with Gasteiger partial charge in [0.05, 0.1) is 0 Å². The predicted octanol–water partition coefficient (Wildman–Crippen LogP) is 1.76. The first-order valence-corrected chi connectivity index (χ1v) is 5.66. The van der Waals surface area contributed by atoms with Crippen LogP contribution in [-0.2, 0) is 9.59 Å². The molecule has 0 heterocycles. The van der Waals surface area contributed by atoms with Crippen LogP contribution in [0.3, 0.4) is 0 Å². The Morgan fingerprint density at radius 2 is 1.89 bits per heavy atom. The maximum atomic E-state index is 11.4. The van der Waals surface area contributed by atoms with E-state index in [1.165, 1.54) is 13.0 Å². The fourth-order valence-corrected chi connectivity index (χ4v) is 1.41. The molecule has 0 atom stereocenters. The first-order valence-electron chi connectivity index (χ1n) is 5.66. The fourth-order valence-electron chi connectivity index (χ4n) is 1.41. The second kappa shape index (κ2) is 6.53. The number of aromatic carboxylic acids is 1. The number of ketones is 1. The Morgan fingerprint density at radius 1 is 1.21 bits per heavy atom. The van der Waals surface area contributed by atoms with E-state index < -0.39 is 17.7 Å². The minimum Gasteiger partial charge on any atom is -0.507 e. The lowest BCUT2D eigenvalue weighted by Gasteiger charge is -2.06. The summed E-state index contributed by atoms with van der Waals surface area (Å²) in [7, 11) is 0. The zero-order valence-electron chi connectivity index (χ0n) is 10.4. The number of carbonyl (C=O) groups excluding carboxylic acids is 2. The zero-order chi connectivity index (χ0) is 14.4. The van der Waals surface area contributed by atoms with Gasteiger partial charge in [-0.2, -0.15) is 0 Å². The maximum absolute atomic E-state index is 11.4. The van der Waals surface area contributed by atoms with E-state index in [2.05, 4.69) is 0 Å². The van der Waals surface area contributed by atoms with Gasteiger partial charge in [0.15, 0.2) is 0 Å². The molecule has 0 bridgehead atoms. The van der Waals surface area contributed by atoms with E-state index in [4.69, 9.17) is 9.84 Å². The lowest BCUT2D eigenvalue weighted by Crippen LogP contribution is -2.09. The number of esters is 1. The third-order valence-electron chi connectivity index (χ3n) is 2.34. The van der Waals surface area contributed by atoms with Crippen LogP contribution < -0.4 is 4.74 Å². The molecule has 0 spiro atoms. The maximum Gasteiger partial charge on any atom is 0.339 e. The van der Waals surface area contributed by atoms with Gasteiger partial charge in [-0.25, -0.2) is 4.79 Å². The van der Waals surface area contributed by atoms with Gasteiger partial charge in [-0.3, -0.25) is 4.79 Å². The molecule has 0 saturated heterocycles. The molecule has 0 radical (unpaired) electrons. The summed E-state index contributed by atoms with van der Waals surface area (Å²) >= 11 is 0. The number of carboxylic acid groups (broad SMARTS) is 1. The van der Waals surface area contributed by atoms with Crippen molar-refractivity contribution in [2.24, 2.45) is 0 Å². The lowest BCUT2D eigenvalue weighted by molar-refractivity contribution is -0.134. The van der Waals surface area contributed by atoms with Crippen molar-refractivity contribution in [1.29, 1.82) is 0 Å². The summed E-state index contributed by atoms with van der Waals surface area (Å²) in [5.41, 5.74) is -0.339. The number of rotatable bonds is 6. The van der Waals surface area contributed by atoms with Crippen molar-refractivity contribution in [3.8, 4) is 11.5 Å². The normalized spacial score (nSPS) is 9.95. The number of carboxylic acids is 1. The van der Waals surface area contributed by atoms with E-state index in [1.54, 1.807) is 0 Å². The van der Waals surface area contributed by atoms with E-state index in [-0.39, 0.29) is 23.5 Å². The molecular weight excluding hydrogens is 252 g/mol. The highest BCUT2D eigenvalue weighted by Gasteiger charge is 2.12. The SMILES string of the molecule is CC(=O)CCCC(=O)Oc1ccc(O)c(C(=O)O)c1. The highest BCUT2D eigenvalue weighted by molar-refractivity contribution is 5.91. The van der Waals surface area contributed by atoms with Gasteiger partial charge in [0, 0.05) is 12.8 Å². The van der Waals surface area contributed by atoms with Crippen molar-refractivity contribution >= 4 is 17.7 Å². The van der Waals surface area contributed by atoms with Gasteiger partial charge >= 0.3 is 11.9 Å². The van der Waals surface area contributed by atoms with Gasteiger partial charge in [0.25, 0.3) is 0 Å². The van der Waals surface area contributed by atoms with Crippen molar-refractivity contribution in [3.63, 3.8) is 0 Å². The van der Waals surface area contributed by atoms with E-state index in [9.17, 15) is 19.5 Å². The average molecular weight is 266 g/mol. The summed E-state index contributed by atoms with van der Waals surface area (Å²) in [5, 5.41) is 18.1. The van der Waals surface area contributed by atoms with Gasteiger partial charge in [-0.15, -0.1) is 0 Å². The molecule has 19 heavy (non-hydrogen) atoms. The molecule has 1 aromatic rings. The Kier molecular flexibility index (Phi) is 5.05. The summed E-state index contributed by atoms with van der Waals surface area (Å²) < 4.78 is 4.92. The number of carbonyl (C=O) groups is 3. The average Bonchev–Trinajstić information content (AvgIpc) is 2.30. The number of phenols is 1. The molecule has 0 aliphatic carbocycles. The number of hydrogen-bond donors (Lipinski definition) is 2. The summed E-state index contributed by atoms with van der Waals surface area (Å²) in [6.07, 6.45) is 0.756. The molecule has 0 fully saturated rings. The number of Topliss-reactive ketones (excluding diaryl/α,β-unsaturated/α-hetero) is 1. The largest absolute Gasteiger partial charge is 0.507 e. The van der Waals surface area contributed by atoms with Gasteiger partial charge in [-0.1, -0.05) is 0 Å². The number of hydrogen-bond acceptors (Lipinski definition) is 5. The number of aromatic hydroxyl groups is 1. The third-order valence-corrected chi connectivity index (χ3v) is 2.34. The monoisotopic (exact) mass is 266 g/mol. The van der Waals surface area contributed by atoms with E-state index in [0.29, 0.717) is 12.8 Å². The van der Waals surface area contributed by atoms with Crippen LogP contribution in [0.1, 0.15) is 36.5 Å². The highest BCUT2D eigenvalue weighted by Crippen LogP contribution is 2.23. The molecule has 0 aliphatic heterocycles. The summed E-state index contributed by atoms with van der Waals surface area (Å²) in [6, 6.07) is 3.51. The molecule has 6 nitrogen and oxygen atoms in total. The fraction of sp³-hybridized carbons (Fsp3) is 0.308. The molecule has 102 valence electrons. The van der Waals surface area contributed by atoms with Crippen LogP contribution in [0.25, 0.3) is 0 Å². The summed E-state index contributed by atoms with van der Waals surface area (Å²) in [5.74, 6) is -2.23. The molecule has 0 aliphatic rings. The quantitative estimate of drug-likeness (QED) is 0.601. The standard InChI is InChI=1S/C13H14O6/c1-8(14)3-2-4-12(16)19-9-5-6-11(15)10(7-9)13(17)18/h5-7,15H,2-4H2,1H3,(H,17,18). The van der Waals surface area contributed by atoms with E-state index in [1.807, 2.05) is 0 Å². The molecule has 0 aromatic heterocycles. The minimum absolute atomic E-state index is 0.00871. The Bertz CT molecular complexity index is 506. The van der Waals surface area contributed by atoms with Crippen LogP contribution in [0.5, 0.6) is 11.5 Å². The van der Waals surface area contributed by atoms with Crippen molar-refractivity contribution in [2.75, 3.05) is 0 Å². The summed E-state index contributed by atoms with van der Waals surface area (Å²) in [6.45, 7) is 1.43. The second-order valence-corrected chi connectivity index (χ2v) is 4.01. The Labute approximate surface area is 109 Å². The molecule has 1 aromatic carbocycles. The Hall–Kier alpha value is -2.37. The first-order chi connectivity index (χ1) is 8.90. The van der Waals surface area contributed by atoms with Crippen molar-refractivity contribution in [3.05, 3.63) is 23.8 Å². The van der Waals surface area contributed by atoms with Crippen molar-refractivity contribution < 1.29 is 29.3 Å². The van der Waals surface area contributed by atoms with Gasteiger partial charge in [0.2, 0.25) is 0 Å². The van der Waals surface area contributed by atoms with Crippen LogP contribution in [0, 0.1) is 0 Å². The van der Waals surface area contributed by atoms with Crippen LogP contribution in [-0.4, -0.2) is 27.9 Å². The topological polar surface area (TPSA) is 101 Å². The Morgan fingerprint density at radius 3 is 2.47 bits per heavy atom. The number of ether oxygens (including phenoxy) is 1. The molecular formula is C13H14O6. The second-order valence-electron chi connectivity index (χ2n) is 4.01. The van der Waals surface area contributed by atoms with Crippen LogP contribution >= 0.6 is 0 Å². The van der Waals surface area contributed by atoms with Crippen molar-refractivity contribution in [2.45, 2.75) is 26.2 Å². The van der Waals surface area contributed by atoms with Crippen LogP contribution in [0.15, 0.2) is 18.2 Å². The molecule has 0 amide bonds. The highest BCUT2D eigenvalue weighted by atomic mass is 16.5. The number of benzene rings is 1. The molecule has 0 unspecified atom stereocenters. The van der Waals surface area contributed by atoms with E-state index >= 15 is 0 Å². The van der Waals surface area contributed by atoms with Crippen molar-refractivity contribution in [1.82, 2.24) is 0 Å². The summed E-state index contributed by atoms with van der Waals surface area (Å²) in [4.78, 5) is 32.9. The first kappa shape index (κ1) is 14.7. The van der Waals surface area contributed by atoms with Gasteiger partial charge < -0.3 is 19.7 Å². The molecule has 2 N–H and O–H groups in total. The van der Waals surface area contributed by atoms with Gasteiger partial charge in [0.1, 0.15) is 22.8 Å². The van der Waals surface area contributed by atoms with Crippen LogP contribution in [0.4, 0.5) is 0 Å². The zero-order valence-corrected chi connectivity index (χ0v) is 10.4. The third kappa shape index (κ3) is 4.79. The molecule has 6 heteroatoms. The molecule has 0 saturated carbocycles. The minimum atomic E-state index is -1.31. The van der Waals surface area contributed by atoms with Gasteiger partial charge in [-0.05, 0) is 31.5 Å². The smallest absolute Gasteiger partial charge is 0.339 e. The molecule has 1 rings (SSSR count). The predicted molar refractivity (Wildman–Crippen MR) is 65.2 cm³/mol. The van der Waals surface area contributed by atoms with Crippen LogP contribution in [0.2, 0.25) is 0 Å².